The van der Waals surface area contributed by atoms with E-state index in [0.29, 0.717) is 30.4 Å². The Kier molecular flexibility index (Phi) is 7.58. The molecule has 1 atom stereocenters. The first-order valence-corrected chi connectivity index (χ1v) is 9.76. The highest BCUT2D eigenvalue weighted by Gasteiger charge is 2.26. The zero-order valence-electron chi connectivity index (χ0n) is 16.9. The lowest BCUT2D eigenvalue weighted by Gasteiger charge is -2.22. The van der Waals surface area contributed by atoms with E-state index >= 15 is 0 Å². The van der Waals surface area contributed by atoms with E-state index in [0.717, 1.165) is 6.42 Å². The molecule has 10 heteroatoms. The van der Waals surface area contributed by atoms with E-state index in [-0.39, 0.29) is 24.2 Å². The van der Waals surface area contributed by atoms with Gasteiger partial charge in [-0.2, -0.15) is 8.78 Å². The second-order valence-corrected chi connectivity index (χ2v) is 6.91. The number of nitrogens with zero attached hydrogens (tertiary/aromatic N) is 2. The van der Waals surface area contributed by atoms with E-state index in [1.807, 2.05) is 4.90 Å². The Hall–Kier alpha value is -3.43. The Morgan fingerprint density at radius 3 is 2.81 bits per heavy atom. The van der Waals surface area contributed by atoms with Crippen molar-refractivity contribution in [2.24, 2.45) is 4.99 Å². The number of halogens is 3. The largest absolute Gasteiger partial charge is 0.433 e. The molecule has 1 unspecified atom stereocenters. The van der Waals surface area contributed by atoms with Gasteiger partial charge in [-0.25, -0.2) is 4.39 Å². The number of benzene rings is 2. The lowest BCUT2D eigenvalue weighted by atomic mass is 10.2. The normalized spacial score (nSPS) is 16.4. The smallest absolute Gasteiger partial charge is 0.387 e. The number of carbonyl (C=O) groups is 1. The molecule has 3 rings (SSSR count). The topological polar surface area (TPSA) is 78.0 Å². The fourth-order valence-electron chi connectivity index (χ4n) is 3.33. The lowest BCUT2D eigenvalue weighted by Crippen LogP contribution is -2.46. The molecule has 1 aliphatic heterocycles. The van der Waals surface area contributed by atoms with Crippen molar-refractivity contribution >= 4 is 23.2 Å². The van der Waals surface area contributed by atoms with Crippen LogP contribution in [0.3, 0.4) is 0 Å². The summed E-state index contributed by atoms with van der Waals surface area (Å²) in [5.41, 5.74) is 0.968. The van der Waals surface area contributed by atoms with Crippen LogP contribution in [0.2, 0.25) is 0 Å². The Morgan fingerprint density at radius 2 is 2.06 bits per heavy atom. The van der Waals surface area contributed by atoms with Crippen LogP contribution in [-0.2, 0) is 4.79 Å². The van der Waals surface area contributed by atoms with Gasteiger partial charge in [-0.1, -0.05) is 18.2 Å². The Balaban J connectivity index is 1.50. The monoisotopic (exact) mass is 435 g/mol. The van der Waals surface area contributed by atoms with Crippen molar-refractivity contribution in [3.63, 3.8) is 0 Å². The second kappa shape index (κ2) is 10.6. The highest BCUT2D eigenvalue weighted by atomic mass is 19.3. The van der Waals surface area contributed by atoms with Gasteiger partial charge in [-0.3, -0.25) is 9.79 Å². The minimum Gasteiger partial charge on any atom is -0.433 e. The predicted octanol–water partition coefficient (Wildman–Crippen LogP) is 2.81. The van der Waals surface area contributed by atoms with Gasteiger partial charge in [-0.15, -0.1) is 0 Å². The molecular weight excluding hydrogens is 411 g/mol. The summed E-state index contributed by atoms with van der Waals surface area (Å²) < 4.78 is 43.1. The maximum Gasteiger partial charge on any atom is 0.387 e. The molecule has 0 aliphatic carbocycles. The number of amides is 1. The molecule has 0 saturated carbocycles. The van der Waals surface area contributed by atoms with Crippen LogP contribution in [0.25, 0.3) is 0 Å². The molecule has 0 bridgehead atoms. The Labute approximate surface area is 178 Å². The van der Waals surface area contributed by atoms with Gasteiger partial charge < -0.3 is 25.6 Å². The summed E-state index contributed by atoms with van der Waals surface area (Å²) in [6, 6.07) is 12.3. The van der Waals surface area contributed by atoms with Crippen LogP contribution >= 0.6 is 0 Å². The summed E-state index contributed by atoms with van der Waals surface area (Å²) in [6.07, 6.45) is 0.749. The molecule has 166 valence electrons. The molecule has 31 heavy (non-hydrogen) atoms. The summed E-state index contributed by atoms with van der Waals surface area (Å²) in [7, 11) is 1.58. The SMILES string of the molecule is CN=C(NCC(=O)Nc1cccc(F)c1)NC1CCN(c2ccccc2OC(F)F)C1. The molecular formula is C21H24F3N5O2. The average molecular weight is 435 g/mol. The third-order valence-electron chi connectivity index (χ3n) is 4.70. The van der Waals surface area contributed by atoms with Gasteiger partial charge in [0.1, 0.15) is 11.6 Å². The van der Waals surface area contributed by atoms with Crippen molar-refractivity contribution in [2.75, 3.05) is 36.9 Å². The predicted molar refractivity (Wildman–Crippen MR) is 113 cm³/mol. The number of hydrogen-bond acceptors (Lipinski definition) is 4. The van der Waals surface area contributed by atoms with Crippen LogP contribution < -0.4 is 25.6 Å². The number of carbonyl (C=O) groups excluding carboxylic acids is 1. The third kappa shape index (κ3) is 6.53. The minimum absolute atomic E-state index is 0.00270. The maximum absolute atomic E-state index is 13.2. The first kappa shape index (κ1) is 22.3. The van der Waals surface area contributed by atoms with Gasteiger partial charge in [0, 0.05) is 31.9 Å². The number of guanidine groups is 1. The van der Waals surface area contributed by atoms with E-state index < -0.39 is 12.4 Å². The number of nitrogens with one attached hydrogen (secondary N) is 3. The number of anilines is 2. The van der Waals surface area contributed by atoms with Crippen LogP contribution in [0, 0.1) is 5.82 Å². The zero-order valence-corrected chi connectivity index (χ0v) is 16.9. The fraction of sp³-hybridized carbons (Fsp3) is 0.333. The van der Waals surface area contributed by atoms with Gasteiger partial charge in [0.05, 0.1) is 12.2 Å². The molecule has 1 aliphatic rings. The molecule has 1 fully saturated rings. The van der Waals surface area contributed by atoms with Crippen molar-refractivity contribution in [3.05, 3.63) is 54.3 Å². The van der Waals surface area contributed by atoms with Gasteiger partial charge >= 0.3 is 6.61 Å². The number of aliphatic imine (C=N–C) groups is 1. The molecule has 0 aromatic heterocycles. The van der Waals surface area contributed by atoms with Gasteiger partial charge in [0.25, 0.3) is 0 Å². The quantitative estimate of drug-likeness (QED) is 0.461. The van der Waals surface area contributed by atoms with E-state index in [1.165, 1.54) is 24.3 Å². The van der Waals surface area contributed by atoms with Gasteiger partial charge in [0.2, 0.25) is 5.91 Å². The van der Waals surface area contributed by atoms with E-state index in [4.69, 9.17) is 0 Å². The summed E-state index contributed by atoms with van der Waals surface area (Å²) >= 11 is 0. The van der Waals surface area contributed by atoms with Gasteiger partial charge in [0.15, 0.2) is 5.96 Å². The highest BCUT2D eigenvalue weighted by molar-refractivity contribution is 5.95. The van der Waals surface area contributed by atoms with E-state index in [1.54, 1.807) is 31.3 Å². The molecule has 1 amide bonds. The van der Waals surface area contributed by atoms with Crippen LogP contribution in [0.4, 0.5) is 24.5 Å². The Bertz CT molecular complexity index is 925. The summed E-state index contributed by atoms with van der Waals surface area (Å²) in [5, 5.41) is 8.73. The average Bonchev–Trinajstić information content (AvgIpc) is 3.19. The number of para-hydroxylation sites is 2. The first-order chi connectivity index (χ1) is 14.9. The van der Waals surface area contributed by atoms with Crippen molar-refractivity contribution < 1.29 is 22.7 Å². The maximum atomic E-state index is 13.2. The van der Waals surface area contributed by atoms with E-state index in [2.05, 4.69) is 25.7 Å². The van der Waals surface area contributed by atoms with Crippen molar-refractivity contribution in [1.29, 1.82) is 0 Å². The van der Waals surface area contributed by atoms with E-state index in [9.17, 15) is 18.0 Å². The van der Waals surface area contributed by atoms with Crippen molar-refractivity contribution in [2.45, 2.75) is 19.1 Å². The third-order valence-corrected chi connectivity index (χ3v) is 4.70. The summed E-state index contributed by atoms with van der Waals surface area (Å²) in [4.78, 5) is 18.2. The summed E-state index contributed by atoms with van der Waals surface area (Å²) in [6.45, 7) is -1.74. The number of ether oxygens (including phenoxy) is 1. The fourth-order valence-corrected chi connectivity index (χ4v) is 3.33. The standard InChI is InChI=1S/C21H24F3N5O2/c1-25-21(26-12-19(30)27-15-6-4-5-14(22)11-15)28-16-9-10-29(13-16)17-7-2-3-8-18(17)31-20(23)24/h2-8,11,16,20H,9-10,12-13H2,1H3,(H,27,30)(H2,25,26,28). The second-order valence-electron chi connectivity index (χ2n) is 6.91. The molecule has 2 aromatic rings. The highest BCUT2D eigenvalue weighted by Crippen LogP contribution is 2.31. The molecule has 1 heterocycles. The molecule has 3 N–H and O–H groups in total. The van der Waals surface area contributed by atoms with Crippen LogP contribution in [0.1, 0.15) is 6.42 Å². The first-order valence-electron chi connectivity index (χ1n) is 9.76. The van der Waals surface area contributed by atoms with Crippen LogP contribution in [0.15, 0.2) is 53.5 Å². The molecule has 7 nitrogen and oxygen atoms in total. The number of hydrogen-bond donors (Lipinski definition) is 3. The zero-order chi connectivity index (χ0) is 22.2. The Morgan fingerprint density at radius 1 is 1.26 bits per heavy atom. The van der Waals surface area contributed by atoms with Crippen molar-refractivity contribution in [3.8, 4) is 5.75 Å². The molecule has 1 saturated heterocycles. The molecule has 0 spiro atoms. The lowest BCUT2D eigenvalue weighted by molar-refractivity contribution is -0.115. The molecule has 0 radical (unpaired) electrons. The van der Waals surface area contributed by atoms with Crippen LogP contribution in [0.5, 0.6) is 5.75 Å². The van der Waals surface area contributed by atoms with Gasteiger partial charge in [-0.05, 0) is 36.8 Å². The summed E-state index contributed by atoms with van der Waals surface area (Å²) in [5.74, 6) is -0.220. The number of alkyl halides is 2. The minimum atomic E-state index is -2.89. The molecule has 2 aromatic carbocycles. The van der Waals surface area contributed by atoms with Crippen LogP contribution in [-0.4, -0.2) is 51.2 Å². The van der Waals surface area contributed by atoms with Crippen molar-refractivity contribution in [1.82, 2.24) is 10.6 Å². The number of rotatable bonds is 7.